The smallest absolute Gasteiger partial charge is 0.246 e. The Morgan fingerprint density at radius 1 is 1.26 bits per heavy atom. The zero-order chi connectivity index (χ0) is 22.1. The minimum absolute atomic E-state index is 0.0474. The molecule has 31 heavy (non-hydrogen) atoms. The van der Waals surface area contributed by atoms with Crippen LogP contribution in [0.2, 0.25) is 0 Å². The fourth-order valence-electron chi connectivity index (χ4n) is 4.19. The third-order valence-corrected chi connectivity index (χ3v) is 5.55. The zero-order valence-electron chi connectivity index (χ0n) is 18.7. The second kappa shape index (κ2) is 11.7. The molecule has 0 aliphatic carbocycles. The van der Waals surface area contributed by atoms with Crippen LogP contribution in [0.25, 0.3) is 0 Å². The number of likely N-dealkylation sites (tertiary alicyclic amines) is 1. The van der Waals surface area contributed by atoms with Crippen LogP contribution in [0.4, 0.5) is 0 Å². The van der Waals surface area contributed by atoms with Gasteiger partial charge in [0.2, 0.25) is 5.91 Å². The number of hydrogen-bond donors (Lipinski definition) is 1. The molecule has 0 saturated carbocycles. The Morgan fingerprint density at radius 2 is 2.13 bits per heavy atom. The second-order valence-electron chi connectivity index (χ2n) is 7.79. The highest BCUT2D eigenvalue weighted by molar-refractivity contribution is 5.77. The molecule has 3 rings (SSSR count). The summed E-state index contributed by atoms with van der Waals surface area (Å²) in [5.41, 5.74) is 2.07. The molecule has 1 aliphatic rings. The molecule has 1 aliphatic heterocycles. The van der Waals surface area contributed by atoms with Gasteiger partial charge < -0.3 is 19.5 Å². The topological polar surface area (TPSA) is 72.9 Å². The number of ether oxygens (including phenoxy) is 3. The van der Waals surface area contributed by atoms with Crippen LogP contribution >= 0.6 is 0 Å². The lowest BCUT2D eigenvalue weighted by Gasteiger charge is -2.37. The molecule has 1 amide bonds. The molecule has 0 radical (unpaired) electrons. The Balaban J connectivity index is 1.72. The van der Waals surface area contributed by atoms with Gasteiger partial charge in [0, 0.05) is 26.4 Å². The number of aromatic nitrogens is 1. The van der Waals surface area contributed by atoms with Gasteiger partial charge in [0.05, 0.1) is 25.5 Å². The maximum atomic E-state index is 12.3. The molecular weight excluding hydrogens is 394 g/mol. The van der Waals surface area contributed by atoms with Gasteiger partial charge in [-0.25, -0.2) is 0 Å². The van der Waals surface area contributed by atoms with Gasteiger partial charge in [-0.2, -0.15) is 0 Å². The largest absolute Gasteiger partial charge is 0.493 e. The number of nitrogens with one attached hydrogen (secondary N) is 1. The second-order valence-corrected chi connectivity index (χ2v) is 7.79. The average Bonchev–Trinajstić information content (AvgIpc) is 2.79. The molecule has 1 aromatic heterocycles. The van der Waals surface area contributed by atoms with E-state index in [1.807, 2.05) is 37.3 Å². The number of methoxy groups -OCH3 is 2. The van der Waals surface area contributed by atoms with Gasteiger partial charge in [-0.1, -0.05) is 12.1 Å². The predicted octanol–water partition coefficient (Wildman–Crippen LogP) is 3.20. The summed E-state index contributed by atoms with van der Waals surface area (Å²) in [6, 6.07) is 11.8. The molecule has 1 fully saturated rings. The highest BCUT2D eigenvalue weighted by Crippen LogP contribution is 2.32. The first-order valence-corrected chi connectivity index (χ1v) is 10.9. The Kier molecular flexibility index (Phi) is 8.67. The number of carbonyl (C=O) groups is 1. The van der Waals surface area contributed by atoms with Gasteiger partial charge in [-0.05, 0) is 62.1 Å². The zero-order valence-corrected chi connectivity index (χ0v) is 18.7. The highest BCUT2D eigenvalue weighted by atomic mass is 16.5. The average molecular weight is 428 g/mol. The summed E-state index contributed by atoms with van der Waals surface area (Å²) in [5.74, 6) is 1.67. The van der Waals surface area contributed by atoms with Crippen molar-refractivity contribution in [2.75, 3.05) is 40.5 Å². The van der Waals surface area contributed by atoms with E-state index in [2.05, 4.69) is 21.3 Å². The van der Waals surface area contributed by atoms with Crippen molar-refractivity contribution < 1.29 is 19.0 Å². The SMILES string of the molecule is CCOc1ccc(CN2CCCC(C(NC(=O)COC)c3ccccn3)C2)cc1OC. The fourth-order valence-corrected chi connectivity index (χ4v) is 4.19. The van der Waals surface area contributed by atoms with Crippen molar-refractivity contribution in [1.29, 1.82) is 0 Å². The molecule has 7 heteroatoms. The summed E-state index contributed by atoms with van der Waals surface area (Å²) in [5, 5.41) is 3.14. The lowest BCUT2D eigenvalue weighted by molar-refractivity contribution is -0.126. The van der Waals surface area contributed by atoms with Crippen molar-refractivity contribution in [3.63, 3.8) is 0 Å². The first kappa shape index (κ1) is 23.0. The standard InChI is InChI=1S/C24H33N3O4/c1-4-31-21-11-10-18(14-22(21)30-3)15-27-13-7-8-19(16-27)24(26-23(28)17-29-2)20-9-5-6-12-25-20/h5-6,9-12,14,19,24H,4,7-8,13,15-17H2,1-3H3,(H,26,28). The Bertz CT molecular complexity index is 831. The fraction of sp³-hybridized carbons (Fsp3) is 0.500. The molecule has 2 aromatic rings. The normalized spacial score (nSPS) is 17.7. The van der Waals surface area contributed by atoms with E-state index in [4.69, 9.17) is 14.2 Å². The quantitative estimate of drug-likeness (QED) is 0.628. The van der Waals surface area contributed by atoms with Crippen molar-refractivity contribution in [1.82, 2.24) is 15.2 Å². The van der Waals surface area contributed by atoms with Crippen LogP contribution in [-0.4, -0.2) is 56.3 Å². The van der Waals surface area contributed by atoms with E-state index < -0.39 is 0 Å². The van der Waals surface area contributed by atoms with E-state index >= 15 is 0 Å². The summed E-state index contributed by atoms with van der Waals surface area (Å²) in [4.78, 5) is 19.2. The molecule has 1 saturated heterocycles. The van der Waals surface area contributed by atoms with Gasteiger partial charge in [0.1, 0.15) is 6.61 Å². The highest BCUT2D eigenvalue weighted by Gasteiger charge is 2.30. The number of rotatable bonds is 10. The minimum Gasteiger partial charge on any atom is -0.493 e. The van der Waals surface area contributed by atoms with E-state index in [-0.39, 0.29) is 24.5 Å². The van der Waals surface area contributed by atoms with E-state index in [1.165, 1.54) is 12.7 Å². The molecule has 2 heterocycles. The third-order valence-electron chi connectivity index (χ3n) is 5.55. The molecule has 0 bridgehead atoms. The summed E-state index contributed by atoms with van der Waals surface area (Å²) in [6.45, 7) is 5.33. The summed E-state index contributed by atoms with van der Waals surface area (Å²) < 4.78 is 16.1. The van der Waals surface area contributed by atoms with Gasteiger partial charge >= 0.3 is 0 Å². The third kappa shape index (κ3) is 6.42. The van der Waals surface area contributed by atoms with Crippen LogP contribution in [0.15, 0.2) is 42.6 Å². The Morgan fingerprint density at radius 3 is 2.84 bits per heavy atom. The van der Waals surface area contributed by atoms with E-state index in [0.717, 1.165) is 49.7 Å². The van der Waals surface area contributed by atoms with Gasteiger partial charge in [-0.15, -0.1) is 0 Å². The van der Waals surface area contributed by atoms with Crippen molar-refractivity contribution >= 4 is 5.91 Å². The number of benzene rings is 1. The summed E-state index contributed by atoms with van der Waals surface area (Å²) >= 11 is 0. The molecule has 168 valence electrons. The predicted molar refractivity (Wildman–Crippen MR) is 119 cm³/mol. The van der Waals surface area contributed by atoms with Gasteiger partial charge in [0.15, 0.2) is 11.5 Å². The van der Waals surface area contributed by atoms with Crippen LogP contribution in [0, 0.1) is 5.92 Å². The van der Waals surface area contributed by atoms with Crippen LogP contribution in [0.3, 0.4) is 0 Å². The van der Waals surface area contributed by atoms with Crippen molar-refractivity contribution in [2.24, 2.45) is 5.92 Å². The Labute approximate surface area is 184 Å². The summed E-state index contributed by atoms with van der Waals surface area (Å²) in [6.07, 6.45) is 3.89. The van der Waals surface area contributed by atoms with Crippen LogP contribution < -0.4 is 14.8 Å². The van der Waals surface area contributed by atoms with E-state index in [0.29, 0.717) is 6.61 Å². The number of pyridine rings is 1. The number of piperidine rings is 1. The van der Waals surface area contributed by atoms with E-state index in [1.54, 1.807) is 13.3 Å². The molecule has 1 aromatic carbocycles. The van der Waals surface area contributed by atoms with Crippen molar-refractivity contribution in [3.8, 4) is 11.5 Å². The molecule has 0 spiro atoms. The molecule has 7 nitrogen and oxygen atoms in total. The molecule has 2 atom stereocenters. The van der Waals surface area contributed by atoms with Crippen molar-refractivity contribution in [3.05, 3.63) is 53.9 Å². The monoisotopic (exact) mass is 427 g/mol. The molecule has 1 N–H and O–H groups in total. The first-order chi connectivity index (χ1) is 15.1. The number of hydrogen-bond acceptors (Lipinski definition) is 6. The van der Waals surface area contributed by atoms with Gasteiger partial charge in [0.25, 0.3) is 0 Å². The van der Waals surface area contributed by atoms with Crippen LogP contribution in [-0.2, 0) is 16.1 Å². The number of nitrogens with zero attached hydrogens (tertiary/aromatic N) is 2. The summed E-state index contributed by atoms with van der Waals surface area (Å²) in [7, 11) is 3.20. The van der Waals surface area contributed by atoms with Crippen LogP contribution in [0.1, 0.15) is 37.1 Å². The number of carbonyl (C=O) groups excluding carboxylic acids is 1. The maximum Gasteiger partial charge on any atom is 0.246 e. The minimum atomic E-state index is -0.137. The molecular formula is C24H33N3O4. The maximum absolute atomic E-state index is 12.3. The lowest BCUT2D eigenvalue weighted by atomic mass is 9.88. The number of amides is 1. The van der Waals surface area contributed by atoms with Gasteiger partial charge in [-0.3, -0.25) is 14.7 Å². The molecule has 2 unspecified atom stereocenters. The van der Waals surface area contributed by atoms with Crippen molar-refractivity contribution in [2.45, 2.75) is 32.4 Å². The Hall–Kier alpha value is -2.64. The lowest BCUT2D eigenvalue weighted by Crippen LogP contribution is -2.43. The first-order valence-electron chi connectivity index (χ1n) is 10.9. The van der Waals surface area contributed by atoms with Crippen LogP contribution in [0.5, 0.6) is 11.5 Å². The van der Waals surface area contributed by atoms with E-state index in [9.17, 15) is 4.79 Å².